The summed E-state index contributed by atoms with van der Waals surface area (Å²) in [5.41, 5.74) is 0.853. The lowest BCUT2D eigenvalue weighted by molar-refractivity contribution is -0.384. The van der Waals surface area contributed by atoms with Crippen molar-refractivity contribution in [3.8, 4) is 11.5 Å². The third-order valence-electron chi connectivity index (χ3n) is 3.93. The molecule has 2 aromatic carbocycles. The molecule has 0 bridgehead atoms. The number of hydrogen-bond acceptors (Lipinski definition) is 5. The van der Waals surface area contributed by atoms with Crippen molar-refractivity contribution in [1.82, 2.24) is 5.32 Å². The van der Waals surface area contributed by atoms with Crippen LogP contribution in [-0.2, 0) is 0 Å². The van der Waals surface area contributed by atoms with Crippen molar-refractivity contribution >= 4 is 23.2 Å². The van der Waals surface area contributed by atoms with Crippen LogP contribution in [-0.4, -0.2) is 25.1 Å². The number of nitrogens with zero attached hydrogens (tertiary/aromatic N) is 1. The van der Waals surface area contributed by atoms with Gasteiger partial charge >= 0.3 is 0 Å². The number of methoxy groups -OCH3 is 2. The van der Waals surface area contributed by atoms with E-state index in [9.17, 15) is 14.9 Å². The van der Waals surface area contributed by atoms with Gasteiger partial charge in [-0.15, -0.1) is 0 Å². The number of amides is 1. The minimum Gasteiger partial charge on any atom is -0.493 e. The van der Waals surface area contributed by atoms with Crippen LogP contribution in [0, 0.1) is 10.1 Å². The fourth-order valence-electron chi connectivity index (χ4n) is 2.53. The van der Waals surface area contributed by atoms with Crippen molar-refractivity contribution in [2.45, 2.75) is 19.4 Å². The van der Waals surface area contributed by atoms with E-state index in [2.05, 4.69) is 5.32 Å². The van der Waals surface area contributed by atoms with Crippen LogP contribution in [0.3, 0.4) is 0 Å². The summed E-state index contributed by atoms with van der Waals surface area (Å²) in [6.45, 7) is 1.93. The lowest BCUT2D eigenvalue weighted by atomic mass is 10.0. The van der Waals surface area contributed by atoms with Gasteiger partial charge in [-0.25, -0.2) is 0 Å². The van der Waals surface area contributed by atoms with Gasteiger partial charge < -0.3 is 14.8 Å². The van der Waals surface area contributed by atoms with E-state index >= 15 is 0 Å². The molecule has 7 nitrogen and oxygen atoms in total. The predicted octanol–water partition coefficient (Wildman–Crippen LogP) is 4.15. The van der Waals surface area contributed by atoms with Gasteiger partial charge in [0.25, 0.3) is 11.6 Å². The largest absolute Gasteiger partial charge is 0.493 e. The monoisotopic (exact) mass is 378 g/mol. The molecular weight excluding hydrogens is 360 g/mol. The smallest absolute Gasteiger partial charge is 0.270 e. The van der Waals surface area contributed by atoms with Crippen LogP contribution in [0.25, 0.3) is 0 Å². The van der Waals surface area contributed by atoms with E-state index in [-0.39, 0.29) is 22.3 Å². The summed E-state index contributed by atoms with van der Waals surface area (Å²) in [6, 6.07) is 8.87. The number of benzene rings is 2. The van der Waals surface area contributed by atoms with Crippen molar-refractivity contribution in [2.24, 2.45) is 0 Å². The standard InChI is InChI=1S/C18H19ClN2O5/c1-4-15(11-5-8-16(25-2)17(9-11)26-3)20-18(22)13-7-6-12(21(23)24)10-14(13)19/h5-10,15H,4H2,1-3H3,(H,20,22)/t15-/m1/s1. The summed E-state index contributed by atoms with van der Waals surface area (Å²) in [7, 11) is 3.09. The lowest BCUT2D eigenvalue weighted by Crippen LogP contribution is -2.28. The Hall–Kier alpha value is -2.80. The maximum Gasteiger partial charge on any atom is 0.270 e. The Morgan fingerprint density at radius 3 is 2.42 bits per heavy atom. The third kappa shape index (κ3) is 4.23. The van der Waals surface area contributed by atoms with Gasteiger partial charge in [0.1, 0.15) is 0 Å². The topological polar surface area (TPSA) is 90.7 Å². The molecule has 2 rings (SSSR count). The molecule has 0 heterocycles. The van der Waals surface area contributed by atoms with E-state index < -0.39 is 10.8 Å². The van der Waals surface area contributed by atoms with E-state index in [1.807, 2.05) is 13.0 Å². The highest BCUT2D eigenvalue weighted by Gasteiger charge is 2.19. The van der Waals surface area contributed by atoms with Gasteiger partial charge in [0.15, 0.2) is 11.5 Å². The molecule has 0 radical (unpaired) electrons. The molecule has 0 unspecified atom stereocenters. The number of nitro groups is 1. The first-order valence-electron chi connectivity index (χ1n) is 7.88. The molecule has 0 spiro atoms. The fourth-order valence-corrected chi connectivity index (χ4v) is 2.79. The van der Waals surface area contributed by atoms with Gasteiger partial charge in [-0.05, 0) is 30.2 Å². The van der Waals surface area contributed by atoms with E-state index in [1.165, 1.54) is 19.2 Å². The normalized spacial score (nSPS) is 11.5. The van der Waals surface area contributed by atoms with Crippen LogP contribution >= 0.6 is 11.6 Å². The molecule has 0 saturated carbocycles. The zero-order chi connectivity index (χ0) is 19.3. The number of nitrogens with one attached hydrogen (secondary N) is 1. The molecule has 8 heteroatoms. The number of carbonyl (C=O) groups excluding carboxylic acids is 1. The number of non-ortho nitro benzene ring substituents is 1. The van der Waals surface area contributed by atoms with Crippen molar-refractivity contribution in [2.75, 3.05) is 14.2 Å². The molecule has 0 aliphatic carbocycles. The third-order valence-corrected chi connectivity index (χ3v) is 4.24. The molecule has 0 aromatic heterocycles. The molecule has 0 fully saturated rings. The first kappa shape index (κ1) is 19.5. The summed E-state index contributed by atoms with van der Waals surface area (Å²) in [5.74, 6) is 0.744. The summed E-state index contributed by atoms with van der Waals surface area (Å²) < 4.78 is 10.5. The van der Waals surface area contributed by atoms with E-state index in [0.717, 1.165) is 11.6 Å². The number of nitro benzene ring substituents is 1. The summed E-state index contributed by atoms with van der Waals surface area (Å²) in [6.07, 6.45) is 0.631. The van der Waals surface area contributed by atoms with Crippen LogP contribution < -0.4 is 14.8 Å². The highest BCUT2D eigenvalue weighted by atomic mass is 35.5. The Morgan fingerprint density at radius 1 is 1.19 bits per heavy atom. The van der Waals surface area contributed by atoms with Gasteiger partial charge in [-0.1, -0.05) is 24.6 Å². The Morgan fingerprint density at radius 2 is 1.88 bits per heavy atom. The number of hydrogen-bond donors (Lipinski definition) is 1. The Bertz CT molecular complexity index is 825. The summed E-state index contributed by atoms with van der Waals surface area (Å²) in [5, 5.41) is 13.7. The second-order valence-electron chi connectivity index (χ2n) is 5.47. The van der Waals surface area contributed by atoms with Crippen molar-refractivity contribution < 1.29 is 19.2 Å². The van der Waals surface area contributed by atoms with E-state index in [0.29, 0.717) is 17.9 Å². The van der Waals surface area contributed by atoms with Crippen molar-refractivity contribution in [3.63, 3.8) is 0 Å². The average molecular weight is 379 g/mol. The van der Waals surface area contributed by atoms with E-state index in [4.69, 9.17) is 21.1 Å². The molecule has 0 aliphatic rings. The highest BCUT2D eigenvalue weighted by Crippen LogP contribution is 2.31. The quantitative estimate of drug-likeness (QED) is 0.577. The van der Waals surface area contributed by atoms with Gasteiger partial charge in [0, 0.05) is 12.1 Å². The molecule has 1 N–H and O–H groups in total. The molecule has 0 aliphatic heterocycles. The van der Waals surface area contributed by atoms with Crippen LogP contribution in [0.1, 0.15) is 35.3 Å². The van der Waals surface area contributed by atoms with Crippen molar-refractivity contribution in [3.05, 3.63) is 62.7 Å². The Labute approximate surface area is 156 Å². The average Bonchev–Trinajstić information content (AvgIpc) is 2.65. The van der Waals surface area contributed by atoms with Gasteiger partial charge in [0.05, 0.1) is 35.8 Å². The Kier molecular flexibility index (Phi) is 6.41. The van der Waals surface area contributed by atoms with Crippen LogP contribution in [0.4, 0.5) is 5.69 Å². The van der Waals surface area contributed by atoms with E-state index in [1.54, 1.807) is 19.2 Å². The van der Waals surface area contributed by atoms with Gasteiger partial charge in [-0.2, -0.15) is 0 Å². The number of carbonyl (C=O) groups is 1. The Balaban J connectivity index is 2.25. The number of rotatable bonds is 7. The first-order chi connectivity index (χ1) is 12.4. The zero-order valence-electron chi connectivity index (χ0n) is 14.6. The molecule has 0 saturated heterocycles. The SMILES string of the molecule is CC[C@@H](NC(=O)c1ccc([N+](=O)[O-])cc1Cl)c1ccc(OC)c(OC)c1. The second-order valence-corrected chi connectivity index (χ2v) is 5.88. The number of halogens is 1. The first-order valence-corrected chi connectivity index (χ1v) is 8.25. The van der Waals surface area contributed by atoms with Gasteiger partial charge in [0.2, 0.25) is 0 Å². The van der Waals surface area contributed by atoms with Gasteiger partial charge in [-0.3, -0.25) is 14.9 Å². The molecule has 2 aromatic rings. The fraction of sp³-hybridized carbons (Fsp3) is 0.278. The number of ether oxygens (including phenoxy) is 2. The molecule has 1 atom stereocenters. The lowest BCUT2D eigenvalue weighted by Gasteiger charge is -2.19. The molecular formula is C18H19ClN2O5. The molecule has 26 heavy (non-hydrogen) atoms. The van der Waals surface area contributed by atoms with Crippen LogP contribution in [0.5, 0.6) is 11.5 Å². The maximum atomic E-state index is 12.5. The van der Waals surface area contributed by atoms with Crippen LogP contribution in [0.15, 0.2) is 36.4 Å². The molecule has 138 valence electrons. The summed E-state index contributed by atoms with van der Waals surface area (Å²) in [4.78, 5) is 22.8. The zero-order valence-corrected chi connectivity index (χ0v) is 15.4. The summed E-state index contributed by atoms with van der Waals surface area (Å²) >= 11 is 6.03. The second kappa shape index (κ2) is 8.53. The predicted molar refractivity (Wildman–Crippen MR) is 98.2 cm³/mol. The van der Waals surface area contributed by atoms with Crippen molar-refractivity contribution in [1.29, 1.82) is 0 Å². The minimum atomic E-state index is -0.563. The molecule has 1 amide bonds. The minimum absolute atomic E-state index is 0.0267. The maximum absolute atomic E-state index is 12.5. The van der Waals surface area contributed by atoms with Crippen LogP contribution in [0.2, 0.25) is 5.02 Å². The highest BCUT2D eigenvalue weighted by molar-refractivity contribution is 6.34.